The van der Waals surface area contributed by atoms with Gasteiger partial charge in [0.15, 0.2) is 0 Å². The van der Waals surface area contributed by atoms with Crippen molar-refractivity contribution in [2.24, 2.45) is 17.2 Å². The average molecular weight is 1030 g/mol. The summed E-state index contributed by atoms with van der Waals surface area (Å²) >= 11 is 3.60. The third-order valence-electron chi connectivity index (χ3n) is 12.8. The third kappa shape index (κ3) is 78.3. The highest BCUT2D eigenvalue weighted by Crippen LogP contribution is 2.47. The van der Waals surface area contributed by atoms with Crippen LogP contribution in [0.1, 0.15) is 343 Å². The summed E-state index contributed by atoms with van der Waals surface area (Å²) in [5.74, 6) is 0. The van der Waals surface area contributed by atoms with Gasteiger partial charge in [-0.2, -0.15) is 0 Å². The molecule has 0 fully saturated rings. The Morgan fingerprint density at radius 3 is 0.515 bits per heavy atom. The van der Waals surface area contributed by atoms with E-state index >= 15 is 0 Å². The van der Waals surface area contributed by atoms with Crippen LogP contribution in [0, 0.1) is 0 Å². The number of hydrogen-bond donors (Lipinski definition) is 6. The van der Waals surface area contributed by atoms with Crippen LogP contribution in [0.5, 0.6) is 0 Å². The smallest absolute Gasteiger partial charge is 0.249 e. The van der Waals surface area contributed by atoms with Gasteiger partial charge in [0.1, 0.15) is 10.6 Å². The lowest BCUT2D eigenvalue weighted by atomic mass is 10.0. The van der Waals surface area contributed by atoms with Crippen LogP contribution < -0.4 is 17.2 Å². The zero-order valence-corrected chi connectivity index (χ0v) is 49.8. The second-order valence-electron chi connectivity index (χ2n) is 19.8. The molecule has 0 saturated carbocycles. The average Bonchev–Trinajstić information content (AvgIpc) is 3.33. The van der Waals surface area contributed by atoms with Crippen molar-refractivity contribution in [3.05, 3.63) is 0 Å². The summed E-state index contributed by atoms with van der Waals surface area (Å²) in [4.78, 5) is 18.1. The van der Waals surface area contributed by atoms with Gasteiger partial charge >= 0.3 is 0 Å². The lowest BCUT2D eigenvalue weighted by Gasteiger charge is -2.12. The molecule has 0 aromatic carbocycles. The number of thiol groups is 1. The van der Waals surface area contributed by atoms with Crippen molar-refractivity contribution >= 4 is 28.6 Å². The quantitative estimate of drug-likeness (QED) is 0.0203. The first kappa shape index (κ1) is 75.4. The minimum atomic E-state index is -3.28. The molecule has 0 spiro atoms. The SMILES string of the molecule is CCCCCCCCCCCCCCCCCCN.CCCCCCCCCCCCCCCCCCN.CCCCCCCCCCCCCCCCCCN.CCOS(OCC)=P(O)(O)S. The molecule has 0 rings (SSSR count). The topological polar surface area (TPSA) is 137 Å². The van der Waals surface area contributed by atoms with Gasteiger partial charge in [0.2, 0.25) is 5.69 Å². The fraction of sp³-hybridized carbons (Fsp3) is 1.00. The van der Waals surface area contributed by atoms with E-state index in [4.69, 9.17) is 35.4 Å². The molecule has 418 valence electrons. The van der Waals surface area contributed by atoms with Crippen LogP contribution in [0.25, 0.3) is 0 Å². The maximum absolute atomic E-state index is 9.03. The second kappa shape index (κ2) is 72.1. The zero-order valence-electron chi connectivity index (χ0n) is 47.2. The van der Waals surface area contributed by atoms with E-state index in [2.05, 4.69) is 33.0 Å². The number of rotatable bonds is 52. The Hall–Kier alpha value is 0.850. The first-order chi connectivity index (χ1) is 33.3. The molecule has 0 heterocycles. The summed E-state index contributed by atoms with van der Waals surface area (Å²) in [5.41, 5.74) is 13.2. The van der Waals surface area contributed by atoms with Crippen LogP contribution >= 0.6 is 17.9 Å². The van der Waals surface area contributed by atoms with Gasteiger partial charge in [0.05, 0.1) is 13.2 Å². The molecular weight excluding hydrogens is 898 g/mol. The van der Waals surface area contributed by atoms with Crippen molar-refractivity contribution in [2.45, 2.75) is 343 Å². The summed E-state index contributed by atoms with van der Waals surface area (Å²) < 4.78 is 9.85. The summed E-state index contributed by atoms with van der Waals surface area (Å²) in [5, 5.41) is 0. The molecule has 0 aliphatic carbocycles. The minimum Gasteiger partial charge on any atom is -0.339 e. The lowest BCUT2D eigenvalue weighted by molar-refractivity contribution is 0.296. The molecule has 0 aliphatic heterocycles. The number of hydrogen-bond acceptors (Lipinski definition) is 5. The molecular formula is C58H130N3O4PS2. The standard InChI is InChI=1S/3C18H39N.C4H13O4PS2/c3*1-2-3-4-5-6-7-8-9-10-11-12-13-14-15-16-17-18-19;1-3-7-11(8-4-2)9(5,6)10/h3*2-19H2,1H3;5-6,10H,3-4H2,1-2H3. The predicted molar refractivity (Wildman–Crippen MR) is 317 cm³/mol. The Morgan fingerprint density at radius 2 is 0.412 bits per heavy atom. The molecule has 68 heavy (non-hydrogen) atoms. The van der Waals surface area contributed by atoms with E-state index in [-0.39, 0.29) is 0 Å². The van der Waals surface area contributed by atoms with E-state index in [0.717, 1.165) is 19.6 Å². The molecule has 7 nitrogen and oxygen atoms in total. The first-order valence-corrected chi connectivity index (χ1v) is 35.0. The summed E-state index contributed by atoms with van der Waals surface area (Å²) in [6.07, 6.45) is 68.6. The highest BCUT2D eigenvalue weighted by atomic mass is 32.9. The first-order valence-electron chi connectivity index (χ1n) is 30.5. The Kier molecular flexibility index (Phi) is 79.9. The lowest BCUT2D eigenvalue weighted by Crippen LogP contribution is -2.02. The van der Waals surface area contributed by atoms with Crippen LogP contribution in [0.4, 0.5) is 0 Å². The molecule has 8 N–H and O–H groups in total. The molecule has 0 aliphatic rings. The highest BCUT2D eigenvalue weighted by molar-refractivity contribution is 8.64. The molecule has 10 heteroatoms. The largest absolute Gasteiger partial charge is 0.339 e. The van der Waals surface area contributed by atoms with Gasteiger partial charge in [-0.25, -0.2) is 0 Å². The van der Waals surface area contributed by atoms with Crippen LogP contribution in [0.15, 0.2) is 0 Å². The Morgan fingerprint density at radius 1 is 0.279 bits per heavy atom. The molecule has 0 aromatic rings. The van der Waals surface area contributed by atoms with Crippen LogP contribution in [-0.4, -0.2) is 42.6 Å². The van der Waals surface area contributed by atoms with E-state index in [0.29, 0.717) is 13.2 Å². The van der Waals surface area contributed by atoms with E-state index in [1.807, 2.05) is 0 Å². The predicted octanol–water partition coefficient (Wildman–Crippen LogP) is 19.7. The molecule has 0 aromatic heterocycles. The fourth-order valence-corrected chi connectivity index (χ4v) is 11.5. The third-order valence-corrected chi connectivity index (χ3v) is 17.1. The maximum atomic E-state index is 9.03. The van der Waals surface area contributed by atoms with Gasteiger partial charge < -0.3 is 27.0 Å². The van der Waals surface area contributed by atoms with E-state index in [9.17, 15) is 0 Å². The van der Waals surface area contributed by atoms with Gasteiger partial charge in [0.25, 0.3) is 0 Å². The van der Waals surface area contributed by atoms with Crippen molar-refractivity contribution in [2.75, 3.05) is 32.8 Å². The van der Waals surface area contributed by atoms with Crippen LogP contribution in [0.2, 0.25) is 0 Å². The number of nitrogens with two attached hydrogens (primary N) is 3. The van der Waals surface area contributed by atoms with E-state index in [1.165, 1.54) is 308 Å². The number of unbranched alkanes of at least 4 members (excludes halogenated alkanes) is 45. The Balaban J connectivity index is -0.000000409. The summed E-state index contributed by atoms with van der Waals surface area (Å²) in [6, 6.07) is 0. The summed E-state index contributed by atoms with van der Waals surface area (Å²) in [6.45, 7) is 13.8. The van der Waals surface area contributed by atoms with E-state index in [1.54, 1.807) is 13.8 Å². The van der Waals surface area contributed by atoms with Crippen LogP contribution in [0.3, 0.4) is 0 Å². The van der Waals surface area contributed by atoms with Gasteiger partial charge in [-0.15, -0.1) is 0 Å². The van der Waals surface area contributed by atoms with Crippen LogP contribution in [-0.2, 0) is 19.0 Å². The van der Waals surface area contributed by atoms with Gasteiger partial charge in [-0.1, -0.05) is 322 Å². The van der Waals surface area contributed by atoms with Crippen molar-refractivity contribution < 1.29 is 18.2 Å². The van der Waals surface area contributed by atoms with Gasteiger partial charge in [0, 0.05) is 0 Å². The molecule has 0 bridgehead atoms. The van der Waals surface area contributed by atoms with Gasteiger partial charge in [-0.05, 0) is 52.7 Å². The Bertz CT molecular complexity index is 756. The van der Waals surface area contributed by atoms with Crippen molar-refractivity contribution in [1.82, 2.24) is 0 Å². The highest BCUT2D eigenvalue weighted by Gasteiger charge is 2.12. The van der Waals surface area contributed by atoms with Crippen molar-refractivity contribution in [3.8, 4) is 0 Å². The minimum absolute atomic E-state index is 0.381. The fourth-order valence-electron chi connectivity index (χ4n) is 8.45. The Labute approximate surface area is 437 Å². The molecule has 0 amide bonds. The van der Waals surface area contributed by atoms with Gasteiger partial charge in [-0.3, -0.25) is 8.37 Å². The normalized spacial score (nSPS) is 11.3. The zero-order chi connectivity index (χ0) is 51.0. The monoisotopic (exact) mass is 1030 g/mol. The molecule has 0 unspecified atom stereocenters. The summed E-state index contributed by atoms with van der Waals surface area (Å²) in [7, 11) is -1.26. The molecule has 0 atom stereocenters. The second-order valence-corrected chi connectivity index (χ2v) is 26.7. The molecule has 0 radical (unpaired) electrons. The van der Waals surface area contributed by atoms with Crippen molar-refractivity contribution in [3.63, 3.8) is 0 Å². The van der Waals surface area contributed by atoms with E-state index < -0.39 is 16.3 Å². The maximum Gasteiger partial charge on any atom is 0.249 e. The molecule has 0 saturated heterocycles. The van der Waals surface area contributed by atoms with Crippen molar-refractivity contribution in [1.29, 1.82) is 0 Å².